The van der Waals surface area contributed by atoms with Crippen LogP contribution in [0.25, 0.3) is 0 Å². The first-order valence-corrected chi connectivity index (χ1v) is 17.2. The third-order valence-electron chi connectivity index (χ3n) is 14.7. The molecular weight excluding hydrogens is 540 g/mol. The second-order valence-electron chi connectivity index (χ2n) is 17.4. The van der Waals surface area contributed by atoms with Gasteiger partial charge in [0.1, 0.15) is 12.7 Å². The summed E-state index contributed by atoms with van der Waals surface area (Å²) in [6, 6.07) is 0. The van der Waals surface area contributed by atoms with Crippen LogP contribution in [0.1, 0.15) is 126 Å². The summed E-state index contributed by atoms with van der Waals surface area (Å²) >= 11 is 0. The predicted octanol–water partition coefficient (Wildman–Crippen LogP) is 7.62. The molecule has 0 amide bonds. The van der Waals surface area contributed by atoms with Gasteiger partial charge in [0.15, 0.2) is 5.78 Å². The molecule has 1 aliphatic heterocycles. The SMILES string of the molecule is CC(=O)OC1CCC2(C)C(CCC3(C)C2C(=O)C=C2C4CC(C)(C(=O)OCC5CCCO5)CCC4(C)CCC23C)C1(C)C. The lowest BCUT2D eigenvalue weighted by Crippen LogP contribution is -2.66. The third kappa shape index (κ3) is 4.53. The van der Waals surface area contributed by atoms with Crippen LogP contribution in [-0.2, 0) is 28.6 Å². The van der Waals surface area contributed by atoms with Crippen LogP contribution in [0.3, 0.4) is 0 Å². The highest BCUT2D eigenvalue weighted by molar-refractivity contribution is 5.95. The summed E-state index contributed by atoms with van der Waals surface area (Å²) in [6.45, 7) is 18.9. The summed E-state index contributed by atoms with van der Waals surface area (Å²) in [5, 5.41) is 0. The highest BCUT2D eigenvalue weighted by Gasteiger charge is 2.70. The maximum atomic E-state index is 14.6. The van der Waals surface area contributed by atoms with Gasteiger partial charge in [-0.15, -0.1) is 0 Å². The summed E-state index contributed by atoms with van der Waals surface area (Å²) < 4.78 is 17.5. The molecule has 6 heteroatoms. The fourth-order valence-corrected chi connectivity index (χ4v) is 11.9. The van der Waals surface area contributed by atoms with E-state index in [-0.39, 0.29) is 63.1 Å². The fraction of sp³-hybridized carbons (Fsp3) is 0.865. The number of fused-ring (bicyclic) bond motifs is 7. The van der Waals surface area contributed by atoms with Crippen molar-refractivity contribution >= 4 is 17.7 Å². The number of esters is 2. The lowest BCUT2D eigenvalue weighted by Gasteiger charge is -2.70. The number of ketones is 1. The second kappa shape index (κ2) is 10.2. The standard InChI is InChI=1S/C37H56O6/c1-23(38)43-29-12-13-35(6)28(32(29,2)3)11-14-37(8)30(35)27(39)20-25-26-21-34(5,31(40)42-22-24-10-9-19-41-24)16-15-33(26,4)17-18-36(25,37)7/h20,24,26,28-30H,9-19,21-22H2,1-8H3. The summed E-state index contributed by atoms with van der Waals surface area (Å²) in [6.07, 6.45) is 12.5. The van der Waals surface area contributed by atoms with Gasteiger partial charge in [-0.1, -0.05) is 47.1 Å². The zero-order valence-corrected chi connectivity index (χ0v) is 28.1. The molecular formula is C37H56O6. The zero-order valence-electron chi connectivity index (χ0n) is 28.1. The number of carbonyl (C=O) groups excluding carboxylic acids is 3. The third-order valence-corrected chi connectivity index (χ3v) is 14.7. The molecule has 10 atom stereocenters. The van der Waals surface area contributed by atoms with E-state index in [1.54, 1.807) is 0 Å². The predicted molar refractivity (Wildman–Crippen MR) is 165 cm³/mol. The topological polar surface area (TPSA) is 78.9 Å². The molecule has 0 N–H and O–H groups in total. The largest absolute Gasteiger partial charge is 0.463 e. The lowest BCUT2D eigenvalue weighted by molar-refractivity contribution is -0.210. The molecule has 0 aromatic carbocycles. The van der Waals surface area contributed by atoms with Crippen molar-refractivity contribution in [3.05, 3.63) is 11.6 Å². The van der Waals surface area contributed by atoms with E-state index in [1.165, 1.54) is 12.5 Å². The molecule has 0 spiro atoms. The van der Waals surface area contributed by atoms with Crippen LogP contribution in [0.15, 0.2) is 11.6 Å². The molecule has 0 radical (unpaired) electrons. The second-order valence-corrected chi connectivity index (χ2v) is 17.4. The van der Waals surface area contributed by atoms with Gasteiger partial charge in [-0.25, -0.2) is 0 Å². The highest BCUT2D eigenvalue weighted by atomic mass is 16.6. The van der Waals surface area contributed by atoms with Crippen LogP contribution < -0.4 is 0 Å². The van der Waals surface area contributed by atoms with Crippen molar-refractivity contribution in [3.63, 3.8) is 0 Å². The molecule has 0 aromatic rings. The summed E-state index contributed by atoms with van der Waals surface area (Å²) in [7, 11) is 0. The van der Waals surface area contributed by atoms with Gasteiger partial charge in [0, 0.05) is 24.9 Å². The first kappa shape index (κ1) is 31.3. The van der Waals surface area contributed by atoms with Gasteiger partial charge in [0.25, 0.3) is 0 Å². The molecule has 0 bridgehead atoms. The molecule has 1 heterocycles. The van der Waals surface area contributed by atoms with Crippen molar-refractivity contribution < 1.29 is 28.6 Å². The number of ether oxygens (including phenoxy) is 3. The van der Waals surface area contributed by atoms with E-state index in [1.807, 2.05) is 0 Å². The molecule has 240 valence electrons. The Morgan fingerprint density at radius 3 is 2.33 bits per heavy atom. The van der Waals surface area contributed by atoms with Crippen molar-refractivity contribution in [2.75, 3.05) is 13.2 Å². The van der Waals surface area contributed by atoms with Crippen LogP contribution in [0, 0.1) is 50.2 Å². The quantitative estimate of drug-likeness (QED) is 0.311. The summed E-state index contributed by atoms with van der Waals surface area (Å²) in [4.78, 5) is 40.2. The molecule has 5 fully saturated rings. The zero-order chi connectivity index (χ0) is 31.2. The van der Waals surface area contributed by atoms with E-state index >= 15 is 0 Å². The normalized spacial score (nSPS) is 48.6. The van der Waals surface area contributed by atoms with Gasteiger partial charge in [-0.05, 0) is 117 Å². The Hall–Kier alpha value is -1.69. The first-order chi connectivity index (χ1) is 20.0. The van der Waals surface area contributed by atoms with Gasteiger partial charge in [0.2, 0.25) is 0 Å². The molecule has 43 heavy (non-hydrogen) atoms. The van der Waals surface area contributed by atoms with Gasteiger partial charge in [-0.2, -0.15) is 0 Å². The van der Waals surface area contributed by atoms with E-state index in [4.69, 9.17) is 14.2 Å². The Bertz CT molecular complexity index is 1210. The maximum Gasteiger partial charge on any atom is 0.311 e. The van der Waals surface area contributed by atoms with E-state index in [0.717, 1.165) is 77.2 Å². The Balaban J connectivity index is 1.32. The minimum absolute atomic E-state index is 0.0282. The van der Waals surface area contributed by atoms with E-state index in [9.17, 15) is 14.4 Å². The number of rotatable bonds is 4. The molecule has 6 rings (SSSR count). The fourth-order valence-electron chi connectivity index (χ4n) is 11.9. The van der Waals surface area contributed by atoms with Gasteiger partial charge < -0.3 is 14.2 Å². The first-order valence-electron chi connectivity index (χ1n) is 17.2. The minimum atomic E-state index is -0.550. The average molecular weight is 597 g/mol. The number of hydrogen-bond acceptors (Lipinski definition) is 6. The summed E-state index contributed by atoms with van der Waals surface area (Å²) in [5.41, 5.74) is 0.270. The Morgan fingerprint density at radius 2 is 1.65 bits per heavy atom. The monoisotopic (exact) mass is 596 g/mol. The van der Waals surface area contributed by atoms with Crippen LogP contribution in [0.5, 0.6) is 0 Å². The number of carbonyl (C=O) groups is 3. The summed E-state index contributed by atoms with van der Waals surface area (Å²) in [5.74, 6) is 0.440. The van der Waals surface area contributed by atoms with E-state index in [0.29, 0.717) is 18.3 Å². The minimum Gasteiger partial charge on any atom is -0.463 e. The van der Waals surface area contributed by atoms with Gasteiger partial charge >= 0.3 is 11.9 Å². The molecule has 6 nitrogen and oxygen atoms in total. The lowest BCUT2D eigenvalue weighted by atomic mass is 9.33. The van der Waals surface area contributed by atoms with Gasteiger partial charge in [-0.3, -0.25) is 14.4 Å². The van der Waals surface area contributed by atoms with Crippen molar-refractivity contribution in [1.29, 1.82) is 0 Å². The van der Waals surface area contributed by atoms with Crippen LogP contribution in [0.2, 0.25) is 0 Å². The number of hydrogen-bond donors (Lipinski definition) is 0. The molecule has 0 aromatic heterocycles. The van der Waals surface area contributed by atoms with E-state index in [2.05, 4.69) is 54.5 Å². The van der Waals surface area contributed by atoms with Crippen molar-refractivity contribution in [2.45, 2.75) is 138 Å². The molecule has 5 aliphatic carbocycles. The number of allylic oxidation sites excluding steroid dienone is 2. The Kier molecular flexibility index (Phi) is 7.39. The Morgan fingerprint density at radius 1 is 0.930 bits per heavy atom. The van der Waals surface area contributed by atoms with Crippen molar-refractivity contribution in [2.24, 2.45) is 50.2 Å². The molecule has 10 unspecified atom stereocenters. The van der Waals surface area contributed by atoms with E-state index < -0.39 is 5.41 Å². The Labute approximate surface area is 259 Å². The smallest absolute Gasteiger partial charge is 0.311 e. The molecule has 1 saturated heterocycles. The van der Waals surface area contributed by atoms with Gasteiger partial charge in [0.05, 0.1) is 11.5 Å². The highest BCUT2D eigenvalue weighted by Crippen LogP contribution is 2.75. The van der Waals surface area contributed by atoms with Crippen LogP contribution in [0.4, 0.5) is 0 Å². The van der Waals surface area contributed by atoms with Crippen LogP contribution in [-0.4, -0.2) is 43.1 Å². The van der Waals surface area contributed by atoms with Crippen LogP contribution >= 0.6 is 0 Å². The maximum absolute atomic E-state index is 14.6. The van der Waals surface area contributed by atoms with Crippen molar-refractivity contribution in [1.82, 2.24) is 0 Å². The average Bonchev–Trinajstić information content (AvgIpc) is 3.45. The van der Waals surface area contributed by atoms with Crippen molar-refractivity contribution in [3.8, 4) is 0 Å². The molecule has 4 saturated carbocycles. The molecule has 6 aliphatic rings.